The van der Waals surface area contributed by atoms with Crippen LogP contribution in [0.4, 0.5) is 26.3 Å². The highest BCUT2D eigenvalue weighted by atomic mass is 32.2. The summed E-state index contributed by atoms with van der Waals surface area (Å²) in [7, 11) is -4.53. The van der Waals surface area contributed by atoms with Gasteiger partial charge in [0.2, 0.25) is 10.0 Å². The minimum Gasteiger partial charge on any atom is -0.293 e. The number of nitrogens with zero attached hydrogens (tertiary/aromatic N) is 3. The average molecular weight is 512 g/mol. The van der Waals surface area contributed by atoms with Gasteiger partial charge in [-0.3, -0.25) is 4.57 Å². The second-order valence-electron chi connectivity index (χ2n) is 7.62. The fourth-order valence-corrected chi connectivity index (χ4v) is 4.68. The number of rotatable bonds is 5. The van der Waals surface area contributed by atoms with Crippen LogP contribution in [0, 0.1) is 11.3 Å². The number of hydrogen-bond donors (Lipinski definition) is 1. The van der Waals surface area contributed by atoms with E-state index in [4.69, 9.17) is 0 Å². The number of nitriles is 1. The first-order chi connectivity index (χ1) is 16.2. The molecular formula is C22H14F6N4O2S. The van der Waals surface area contributed by atoms with Gasteiger partial charge in [-0.25, -0.2) is 13.4 Å². The number of pyridine rings is 1. The molecule has 4 rings (SSSR count). The summed E-state index contributed by atoms with van der Waals surface area (Å²) in [6.45, 7) is 0.658. The minimum absolute atomic E-state index is 0.0594. The maximum atomic E-state index is 13.3. The molecule has 0 bridgehead atoms. The molecule has 1 aliphatic carbocycles. The molecule has 13 heteroatoms. The summed E-state index contributed by atoms with van der Waals surface area (Å²) in [5.41, 5.74) is -0.162. The lowest BCUT2D eigenvalue weighted by Gasteiger charge is -2.18. The van der Waals surface area contributed by atoms with Gasteiger partial charge < -0.3 is 0 Å². The van der Waals surface area contributed by atoms with Gasteiger partial charge in [-0.15, -0.1) is 0 Å². The molecule has 0 radical (unpaired) electrons. The number of sulfonamides is 1. The van der Waals surface area contributed by atoms with Crippen LogP contribution in [0.1, 0.15) is 18.1 Å². The van der Waals surface area contributed by atoms with E-state index in [2.05, 4.69) is 4.98 Å². The maximum Gasteiger partial charge on any atom is 0.417 e. The summed E-state index contributed by atoms with van der Waals surface area (Å²) in [6.07, 6.45) is -3.88. The van der Waals surface area contributed by atoms with Gasteiger partial charge in [0.25, 0.3) is 0 Å². The Bertz CT molecular complexity index is 1530. The third-order valence-corrected chi connectivity index (χ3v) is 6.86. The van der Waals surface area contributed by atoms with Crippen molar-refractivity contribution in [1.29, 1.82) is 5.26 Å². The maximum absolute atomic E-state index is 13.3. The highest BCUT2D eigenvalue weighted by Gasteiger charge is 2.39. The van der Waals surface area contributed by atoms with Gasteiger partial charge in [-0.2, -0.15) is 36.3 Å². The van der Waals surface area contributed by atoms with Crippen LogP contribution in [0.25, 0.3) is 28.0 Å². The Labute approximate surface area is 194 Å². The summed E-state index contributed by atoms with van der Waals surface area (Å²) in [5, 5.41) is 9.73. The number of halogens is 6. The van der Waals surface area contributed by atoms with Crippen molar-refractivity contribution in [3.63, 3.8) is 0 Å². The summed E-state index contributed by atoms with van der Waals surface area (Å²) in [5.74, 6) is 0. The lowest BCUT2D eigenvalue weighted by molar-refractivity contribution is -0.147. The van der Waals surface area contributed by atoms with Gasteiger partial charge in [0.05, 0.1) is 21.7 Å². The fourth-order valence-electron chi connectivity index (χ4n) is 3.45. The van der Waals surface area contributed by atoms with Crippen LogP contribution < -0.4 is 4.72 Å². The van der Waals surface area contributed by atoms with Crippen LogP contribution in [0.3, 0.4) is 0 Å². The van der Waals surface area contributed by atoms with Crippen molar-refractivity contribution >= 4 is 26.8 Å². The van der Waals surface area contributed by atoms with Gasteiger partial charge in [0, 0.05) is 22.8 Å². The Morgan fingerprint density at radius 2 is 1.74 bits per heavy atom. The molecule has 0 saturated carbocycles. The second kappa shape index (κ2) is 8.24. The smallest absolute Gasteiger partial charge is 0.293 e. The van der Waals surface area contributed by atoms with E-state index in [1.165, 1.54) is 21.4 Å². The largest absolute Gasteiger partial charge is 0.417 e. The zero-order valence-electron chi connectivity index (χ0n) is 17.6. The zero-order chi connectivity index (χ0) is 25.8. The molecule has 0 saturated heterocycles. The number of hydrogen-bond acceptors (Lipinski definition) is 4. The number of alkyl halides is 6. The number of fused-ring (bicyclic) bond motifs is 1. The highest BCUT2D eigenvalue weighted by molar-refractivity contribution is 7.89. The molecule has 1 unspecified atom stereocenters. The lowest BCUT2D eigenvalue weighted by Crippen LogP contribution is -2.42. The van der Waals surface area contributed by atoms with Crippen LogP contribution in [-0.2, 0) is 16.2 Å². The Balaban J connectivity index is 1.85. The first-order valence-corrected chi connectivity index (χ1v) is 11.3. The minimum atomic E-state index is -4.79. The summed E-state index contributed by atoms with van der Waals surface area (Å²) >= 11 is 0. The SMILES string of the molecule is CC(NS(=O)(=O)c1ccc(-c2c(C#N)c3cc(C(F)(F)F)cnc3n2C2=CC=C2)cc1)C(F)(F)F. The molecule has 0 amide bonds. The van der Waals surface area contributed by atoms with Gasteiger partial charge in [-0.05, 0) is 37.3 Å². The molecule has 0 fully saturated rings. The first kappa shape index (κ1) is 24.5. The molecule has 6 nitrogen and oxygen atoms in total. The van der Waals surface area contributed by atoms with Crippen molar-refractivity contribution in [3.8, 4) is 17.3 Å². The predicted octanol–water partition coefficient (Wildman–Crippen LogP) is 5.23. The Morgan fingerprint density at radius 3 is 2.23 bits per heavy atom. The predicted molar refractivity (Wildman–Crippen MR) is 114 cm³/mol. The molecule has 1 N–H and O–H groups in total. The van der Waals surface area contributed by atoms with Crippen LogP contribution in [-0.4, -0.2) is 30.2 Å². The van der Waals surface area contributed by atoms with E-state index < -0.39 is 38.9 Å². The van der Waals surface area contributed by atoms with Gasteiger partial charge in [0.1, 0.15) is 17.8 Å². The Hall–Kier alpha value is -3.63. The van der Waals surface area contributed by atoms with Crippen molar-refractivity contribution < 1.29 is 34.8 Å². The van der Waals surface area contributed by atoms with Crippen molar-refractivity contribution in [2.45, 2.75) is 30.2 Å². The average Bonchev–Trinajstić information content (AvgIpc) is 3.04. The molecular weight excluding hydrogens is 498 g/mol. The topological polar surface area (TPSA) is 87.8 Å². The summed E-state index contributed by atoms with van der Waals surface area (Å²) in [4.78, 5) is 3.46. The highest BCUT2D eigenvalue weighted by Crippen LogP contribution is 2.39. The van der Waals surface area contributed by atoms with E-state index in [1.807, 2.05) is 6.07 Å². The number of aromatic nitrogens is 2. The third-order valence-electron chi connectivity index (χ3n) is 5.30. The second-order valence-corrected chi connectivity index (χ2v) is 9.34. The van der Waals surface area contributed by atoms with Crippen LogP contribution in [0.5, 0.6) is 0 Å². The number of benzene rings is 1. The molecule has 2 aromatic heterocycles. The van der Waals surface area contributed by atoms with Crippen molar-refractivity contribution in [2.24, 2.45) is 0 Å². The van der Waals surface area contributed by atoms with Gasteiger partial charge in [-0.1, -0.05) is 18.2 Å². The summed E-state index contributed by atoms with van der Waals surface area (Å²) in [6, 6.07) is 4.98. The van der Waals surface area contributed by atoms with Crippen molar-refractivity contribution in [3.05, 3.63) is 65.9 Å². The molecule has 35 heavy (non-hydrogen) atoms. The molecule has 2 heterocycles. The molecule has 1 aromatic carbocycles. The lowest BCUT2D eigenvalue weighted by atomic mass is 10.1. The van der Waals surface area contributed by atoms with E-state index in [-0.39, 0.29) is 27.9 Å². The van der Waals surface area contributed by atoms with E-state index in [1.54, 1.807) is 18.2 Å². The van der Waals surface area contributed by atoms with Crippen LogP contribution in [0.2, 0.25) is 0 Å². The Morgan fingerprint density at radius 1 is 1.11 bits per heavy atom. The van der Waals surface area contributed by atoms with Gasteiger partial charge in [0.15, 0.2) is 0 Å². The Kier molecular flexibility index (Phi) is 5.77. The van der Waals surface area contributed by atoms with Crippen molar-refractivity contribution in [2.75, 3.05) is 0 Å². The monoisotopic (exact) mass is 512 g/mol. The first-order valence-electron chi connectivity index (χ1n) is 9.84. The third kappa shape index (κ3) is 4.42. The van der Waals surface area contributed by atoms with E-state index >= 15 is 0 Å². The van der Waals surface area contributed by atoms with E-state index in [9.17, 15) is 40.0 Å². The summed E-state index contributed by atoms with van der Waals surface area (Å²) < 4.78 is 106. The van der Waals surface area contributed by atoms with Crippen LogP contribution >= 0.6 is 0 Å². The van der Waals surface area contributed by atoms with E-state index in [0.29, 0.717) is 18.8 Å². The molecule has 1 atom stereocenters. The number of nitrogens with one attached hydrogen (secondary N) is 1. The fraction of sp³-hybridized carbons (Fsp3) is 0.182. The normalized spacial score (nSPS) is 15.0. The number of allylic oxidation sites excluding steroid dienone is 4. The van der Waals surface area contributed by atoms with Gasteiger partial charge >= 0.3 is 12.4 Å². The molecule has 0 spiro atoms. The quantitative estimate of drug-likeness (QED) is 0.474. The molecule has 3 aromatic rings. The molecule has 182 valence electrons. The zero-order valence-corrected chi connectivity index (χ0v) is 18.4. The molecule has 0 aliphatic heterocycles. The van der Waals surface area contributed by atoms with Crippen LogP contribution in [0.15, 0.2) is 59.7 Å². The molecule has 1 aliphatic rings. The van der Waals surface area contributed by atoms with Crippen molar-refractivity contribution in [1.82, 2.24) is 14.3 Å². The standard InChI is InChI=1S/C22H14F6N4O2S/c1-12(21(23,24)25)31-35(33,34)16-7-5-13(6-8-16)19-18(10-29)17-9-14(22(26,27)28)11-30-20(17)32(19)15-3-2-4-15/h2-9,11-12,31H,1H3. The van der Waals surface area contributed by atoms with E-state index in [0.717, 1.165) is 18.2 Å².